The Hall–Kier alpha value is -1.25. The fourth-order valence-corrected chi connectivity index (χ4v) is 3.04. The average molecular weight is 247 g/mol. The molecule has 2 saturated carbocycles. The predicted octanol–water partition coefficient (Wildman–Crippen LogP) is 3.46. The molecule has 0 spiro atoms. The molecule has 0 N–H and O–H groups in total. The minimum atomic E-state index is 0.172. The number of rotatable bonds is 3. The average Bonchev–Trinajstić information content (AvgIpc) is 3.05. The Morgan fingerprint density at radius 3 is 2.28 bits per heavy atom. The molecule has 1 aromatic rings. The van der Waals surface area contributed by atoms with Crippen LogP contribution in [0, 0.1) is 5.92 Å². The van der Waals surface area contributed by atoms with E-state index in [1.54, 1.807) is 18.6 Å². The summed E-state index contributed by atoms with van der Waals surface area (Å²) in [6.45, 7) is 2.32. The number of furan rings is 1. The molecular formula is C15H21NO2. The van der Waals surface area contributed by atoms with Crippen molar-refractivity contribution in [2.45, 2.75) is 57.5 Å². The third-order valence-electron chi connectivity index (χ3n) is 4.32. The lowest BCUT2D eigenvalue weighted by Gasteiger charge is -2.36. The highest BCUT2D eigenvalue weighted by atomic mass is 16.3. The van der Waals surface area contributed by atoms with Gasteiger partial charge in [0, 0.05) is 12.1 Å². The summed E-state index contributed by atoms with van der Waals surface area (Å²) in [6, 6.07) is 2.73. The first-order valence-corrected chi connectivity index (χ1v) is 7.10. The Bertz CT molecular complexity index is 400. The molecule has 2 aliphatic rings. The molecular weight excluding hydrogens is 226 g/mol. The van der Waals surface area contributed by atoms with Crippen molar-refractivity contribution in [1.82, 2.24) is 4.90 Å². The fraction of sp³-hybridized carbons (Fsp3) is 0.667. The monoisotopic (exact) mass is 247 g/mol. The van der Waals surface area contributed by atoms with Gasteiger partial charge in [0.2, 0.25) is 0 Å². The lowest BCUT2D eigenvalue weighted by Crippen LogP contribution is -2.43. The van der Waals surface area contributed by atoms with Gasteiger partial charge in [-0.05, 0) is 50.5 Å². The van der Waals surface area contributed by atoms with E-state index in [-0.39, 0.29) is 5.91 Å². The van der Waals surface area contributed by atoms with Gasteiger partial charge in [0.05, 0.1) is 11.8 Å². The molecule has 18 heavy (non-hydrogen) atoms. The first-order chi connectivity index (χ1) is 8.75. The normalized spacial score (nSPS) is 28.1. The summed E-state index contributed by atoms with van der Waals surface area (Å²) in [6.07, 6.45) is 10.4. The minimum Gasteiger partial charge on any atom is -0.472 e. The van der Waals surface area contributed by atoms with Crippen LogP contribution in [0.1, 0.15) is 55.8 Å². The zero-order valence-electron chi connectivity index (χ0n) is 11.0. The van der Waals surface area contributed by atoms with Crippen molar-refractivity contribution in [3.05, 3.63) is 24.2 Å². The van der Waals surface area contributed by atoms with E-state index in [0.29, 0.717) is 17.6 Å². The number of hydrogen-bond donors (Lipinski definition) is 0. The minimum absolute atomic E-state index is 0.172. The van der Waals surface area contributed by atoms with E-state index in [9.17, 15) is 4.79 Å². The quantitative estimate of drug-likeness (QED) is 0.819. The highest BCUT2D eigenvalue weighted by Gasteiger charge is 2.38. The van der Waals surface area contributed by atoms with Gasteiger partial charge in [-0.25, -0.2) is 0 Å². The molecule has 0 unspecified atom stereocenters. The van der Waals surface area contributed by atoms with Crippen molar-refractivity contribution in [2.75, 3.05) is 0 Å². The molecule has 2 fully saturated rings. The maximum absolute atomic E-state index is 12.5. The van der Waals surface area contributed by atoms with Gasteiger partial charge in [0.15, 0.2) is 0 Å². The fourth-order valence-electron chi connectivity index (χ4n) is 3.04. The molecule has 0 atom stereocenters. The third kappa shape index (κ3) is 2.31. The molecule has 98 valence electrons. The molecule has 0 aromatic carbocycles. The summed E-state index contributed by atoms with van der Waals surface area (Å²) >= 11 is 0. The topological polar surface area (TPSA) is 33.5 Å². The molecule has 2 aliphatic carbocycles. The number of amides is 1. The van der Waals surface area contributed by atoms with E-state index in [1.807, 2.05) is 0 Å². The van der Waals surface area contributed by atoms with Crippen LogP contribution in [0.15, 0.2) is 23.0 Å². The van der Waals surface area contributed by atoms with E-state index in [2.05, 4.69) is 11.8 Å². The molecule has 0 aliphatic heterocycles. The van der Waals surface area contributed by atoms with Crippen molar-refractivity contribution in [2.24, 2.45) is 5.92 Å². The third-order valence-corrected chi connectivity index (χ3v) is 4.32. The molecule has 3 heteroatoms. The van der Waals surface area contributed by atoms with E-state index >= 15 is 0 Å². The standard InChI is InChI=1S/C15H21NO2/c1-11-2-4-13(5-3-11)16(14-6-7-14)15(17)12-8-9-18-10-12/h8-11,13-14H,2-7H2,1H3. The summed E-state index contributed by atoms with van der Waals surface area (Å²) < 4.78 is 5.04. The van der Waals surface area contributed by atoms with E-state index in [4.69, 9.17) is 4.42 Å². The predicted molar refractivity (Wildman–Crippen MR) is 69.3 cm³/mol. The number of carbonyl (C=O) groups is 1. The summed E-state index contributed by atoms with van der Waals surface area (Å²) in [5.74, 6) is 0.997. The van der Waals surface area contributed by atoms with Crippen molar-refractivity contribution in [1.29, 1.82) is 0 Å². The number of carbonyl (C=O) groups excluding carboxylic acids is 1. The maximum Gasteiger partial charge on any atom is 0.257 e. The Labute approximate surface area is 108 Å². The summed E-state index contributed by atoms with van der Waals surface area (Å²) in [5, 5.41) is 0. The second kappa shape index (κ2) is 4.79. The van der Waals surface area contributed by atoms with Crippen molar-refractivity contribution in [3.63, 3.8) is 0 Å². The van der Waals surface area contributed by atoms with E-state index < -0.39 is 0 Å². The maximum atomic E-state index is 12.5. The largest absolute Gasteiger partial charge is 0.472 e. The van der Waals surface area contributed by atoms with Gasteiger partial charge < -0.3 is 9.32 Å². The number of hydrogen-bond acceptors (Lipinski definition) is 2. The molecule has 0 bridgehead atoms. The SMILES string of the molecule is CC1CCC(N(C(=O)c2ccoc2)C2CC2)CC1. The zero-order valence-corrected chi connectivity index (χ0v) is 11.0. The summed E-state index contributed by atoms with van der Waals surface area (Å²) in [7, 11) is 0. The van der Waals surface area contributed by atoms with E-state index in [0.717, 1.165) is 5.92 Å². The second-order valence-corrected chi connectivity index (χ2v) is 5.87. The summed E-state index contributed by atoms with van der Waals surface area (Å²) in [4.78, 5) is 14.7. The molecule has 3 rings (SSSR count). The number of nitrogens with zero attached hydrogens (tertiary/aromatic N) is 1. The molecule has 1 heterocycles. The Kier molecular flexibility index (Phi) is 3.14. The van der Waals surface area contributed by atoms with Crippen LogP contribution in [0.3, 0.4) is 0 Å². The first-order valence-electron chi connectivity index (χ1n) is 7.10. The lowest BCUT2D eigenvalue weighted by molar-refractivity contribution is 0.0592. The van der Waals surface area contributed by atoms with Gasteiger partial charge in [-0.1, -0.05) is 6.92 Å². The van der Waals surface area contributed by atoms with Crippen LogP contribution < -0.4 is 0 Å². The van der Waals surface area contributed by atoms with Crippen LogP contribution in [0.2, 0.25) is 0 Å². The molecule has 0 saturated heterocycles. The van der Waals surface area contributed by atoms with Crippen LogP contribution in [-0.4, -0.2) is 22.9 Å². The van der Waals surface area contributed by atoms with Crippen LogP contribution in [-0.2, 0) is 0 Å². The smallest absolute Gasteiger partial charge is 0.257 e. The van der Waals surface area contributed by atoms with Crippen LogP contribution >= 0.6 is 0 Å². The van der Waals surface area contributed by atoms with Gasteiger partial charge >= 0.3 is 0 Å². The van der Waals surface area contributed by atoms with Crippen LogP contribution in [0.4, 0.5) is 0 Å². The Morgan fingerprint density at radius 2 is 1.78 bits per heavy atom. The Morgan fingerprint density at radius 1 is 1.17 bits per heavy atom. The molecule has 3 nitrogen and oxygen atoms in total. The van der Waals surface area contributed by atoms with Gasteiger partial charge in [-0.2, -0.15) is 0 Å². The van der Waals surface area contributed by atoms with Gasteiger partial charge in [-0.3, -0.25) is 4.79 Å². The second-order valence-electron chi connectivity index (χ2n) is 5.87. The van der Waals surface area contributed by atoms with Crippen LogP contribution in [0.5, 0.6) is 0 Å². The van der Waals surface area contributed by atoms with Crippen LogP contribution in [0.25, 0.3) is 0 Å². The highest BCUT2D eigenvalue weighted by Crippen LogP contribution is 2.36. The van der Waals surface area contributed by atoms with Crippen molar-refractivity contribution < 1.29 is 9.21 Å². The Balaban J connectivity index is 1.74. The highest BCUT2D eigenvalue weighted by molar-refractivity contribution is 5.94. The molecule has 1 aromatic heterocycles. The first kappa shape index (κ1) is 11.8. The summed E-state index contributed by atoms with van der Waals surface area (Å²) in [5.41, 5.74) is 0.709. The van der Waals surface area contributed by atoms with Crippen molar-refractivity contribution in [3.8, 4) is 0 Å². The van der Waals surface area contributed by atoms with E-state index in [1.165, 1.54) is 38.5 Å². The molecule has 1 amide bonds. The van der Waals surface area contributed by atoms with Gasteiger partial charge in [0.1, 0.15) is 6.26 Å². The lowest BCUT2D eigenvalue weighted by atomic mass is 9.86. The van der Waals surface area contributed by atoms with Gasteiger partial charge in [0.25, 0.3) is 5.91 Å². The zero-order chi connectivity index (χ0) is 12.5. The van der Waals surface area contributed by atoms with Crippen molar-refractivity contribution >= 4 is 5.91 Å². The molecule has 0 radical (unpaired) electrons. The van der Waals surface area contributed by atoms with Gasteiger partial charge in [-0.15, -0.1) is 0 Å².